The molecule has 0 bridgehead atoms. The van der Waals surface area contributed by atoms with E-state index in [1.165, 1.54) is 4.31 Å². The highest BCUT2D eigenvalue weighted by molar-refractivity contribution is 7.90. The van der Waals surface area contributed by atoms with Crippen LogP contribution < -0.4 is 4.72 Å². The van der Waals surface area contributed by atoms with E-state index < -0.39 is 10.2 Å². The summed E-state index contributed by atoms with van der Waals surface area (Å²) in [7, 11) is -3.58. The van der Waals surface area contributed by atoms with Crippen molar-refractivity contribution in [2.45, 2.75) is 13.8 Å². The van der Waals surface area contributed by atoms with E-state index >= 15 is 0 Å². The van der Waals surface area contributed by atoms with Crippen molar-refractivity contribution in [3.8, 4) is 6.07 Å². The molecule has 92 valence electrons. The fourth-order valence-electron chi connectivity index (χ4n) is 1.44. The van der Waals surface area contributed by atoms with Crippen molar-refractivity contribution < 1.29 is 8.42 Å². The van der Waals surface area contributed by atoms with Crippen LogP contribution in [0.3, 0.4) is 0 Å². The van der Waals surface area contributed by atoms with Crippen molar-refractivity contribution in [2.24, 2.45) is 0 Å². The lowest BCUT2D eigenvalue weighted by Crippen LogP contribution is -2.35. The van der Waals surface area contributed by atoms with Gasteiger partial charge in [0.1, 0.15) is 6.07 Å². The topological polar surface area (TPSA) is 73.2 Å². The summed E-state index contributed by atoms with van der Waals surface area (Å²) in [5, 5.41) is 8.87. The van der Waals surface area contributed by atoms with Crippen molar-refractivity contribution in [2.75, 3.05) is 17.8 Å². The van der Waals surface area contributed by atoms with Crippen molar-refractivity contribution in [3.05, 3.63) is 29.8 Å². The standard InChI is InChI=1S/C11H15N3O2S/c1-3-14(4-2)17(15,16)13-11-8-6-5-7-10(11)9-12/h5-8,13H,3-4H2,1-2H3. The highest BCUT2D eigenvalue weighted by atomic mass is 32.2. The highest BCUT2D eigenvalue weighted by Gasteiger charge is 2.19. The second-order valence-corrected chi connectivity index (χ2v) is 5.02. The summed E-state index contributed by atoms with van der Waals surface area (Å²) in [4.78, 5) is 0. The molecule has 1 aromatic carbocycles. The first kappa shape index (κ1) is 13.5. The molecule has 0 amide bonds. The average molecular weight is 253 g/mol. The Labute approximate surface area is 102 Å². The average Bonchev–Trinajstić information content (AvgIpc) is 2.30. The zero-order valence-corrected chi connectivity index (χ0v) is 10.7. The van der Waals surface area contributed by atoms with Gasteiger partial charge in [-0.05, 0) is 12.1 Å². The molecule has 1 aromatic rings. The minimum absolute atomic E-state index is 0.307. The lowest BCUT2D eigenvalue weighted by atomic mass is 10.2. The van der Waals surface area contributed by atoms with E-state index in [-0.39, 0.29) is 0 Å². The second kappa shape index (κ2) is 5.66. The van der Waals surface area contributed by atoms with Gasteiger partial charge < -0.3 is 0 Å². The molecule has 0 heterocycles. The molecule has 0 saturated heterocycles. The number of benzene rings is 1. The SMILES string of the molecule is CCN(CC)S(=O)(=O)Nc1ccccc1C#N. The normalized spacial score (nSPS) is 11.2. The van der Waals surface area contributed by atoms with Crippen LogP contribution in [0.4, 0.5) is 5.69 Å². The molecule has 0 aliphatic rings. The van der Waals surface area contributed by atoms with Gasteiger partial charge in [-0.1, -0.05) is 26.0 Å². The smallest absolute Gasteiger partial charge is 0.270 e. The molecule has 0 radical (unpaired) electrons. The molecule has 0 atom stereocenters. The first-order chi connectivity index (χ1) is 8.05. The molecule has 0 aliphatic heterocycles. The van der Waals surface area contributed by atoms with E-state index in [1.54, 1.807) is 38.1 Å². The van der Waals surface area contributed by atoms with Crippen LogP contribution in [-0.2, 0) is 10.2 Å². The monoisotopic (exact) mass is 253 g/mol. The molecule has 0 fully saturated rings. The van der Waals surface area contributed by atoms with Crippen LogP contribution >= 0.6 is 0 Å². The maximum absolute atomic E-state index is 11.9. The minimum atomic E-state index is -3.58. The van der Waals surface area contributed by atoms with Gasteiger partial charge in [0.15, 0.2) is 0 Å². The third-order valence-electron chi connectivity index (χ3n) is 2.33. The summed E-state index contributed by atoms with van der Waals surface area (Å²) in [6.45, 7) is 4.30. The maximum Gasteiger partial charge on any atom is 0.301 e. The summed E-state index contributed by atoms with van der Waals surface area (Å²) in [5.74, 6) is 0. The third-order valence-corrected chi connectivity index (χ3v) is 4.01. The second-order valence-electron chi connectivity index (χ2n) is 3.35. The highest BCUT2D eigenvalue weighted by Crippen LogP contribution is 2.16. The van der Waals surface area contributed by atoms with Gasteiger partial charge in [0.05, 0.1) is 11.3 Å². The van der Waals surface area contributed by atoms with Crippen LogP contribution in [-0.4, -0.2) is 25.8 Å². The zero-order chi connectivity index (χ0) is 12.9. The van der Waals surface area contributed by atoms with Crippen LogP contribution in [0.5, 0.6) is 0 Å². The molecule has 0 unspecified atom stereocenters. The number of hydrogen-bond donors (Lipinski definition) is 1. The minimum Gasteiger partial charge on any atom is -0.270 e. The third kappa shape index (κ3) is 3.19. The fourth-order valence-corrected chi connectivity index (χ4v) is 2.70. The van der Waals surface area contributed by atoms with E-state index in [1.807, 2.05) is 6.07 Å². The van der Waals surface area contributed by atoms with Gasteiger partial charge in [0.2, 0.25) is 0 Å². The first-order valence-corrected chi connectivity index (χ1v) is 6.76. The number of nitriles is 1. The van der Waals surface area contributed by atoms with Crippen LogP contribution in [0.2, 0.25) is 0 Å². The Balaban J connectivity index is 3.03. The van der Waals surface area contributed by atoms with E-state index in [4.69, 9.17) is 5.26 Å². The molecule has 17 heavy (non-hydrogen) atoms. The number of anilines is 1. The molecule has 0 aliphatic carbocycles. The van der Waals surface area contributed by atoms with Crippen LogP contribution in [0.15, 0.2) is 24.3 Å². The number of nitrogens with zero attached hydrogens (tertiary/aromatic N) is 2. The Hall–Kier alpha value is -1.58. The summed E-state index contributed by atoms with van der Waals surface area (Å²) in [5.41, 5.74) is 0.616. The number of nitrogens with one attached hydrogen (secondary N) is 1. The summed E-state index contributed by atoms with van der Waals surface area (Å²) in [6.07, 6.45) is 0. The van der Waals surface area contributed by atoms with E-state index in [0.29, 0.717) is 24.3 Å². The van der Waals surface area contributed by atoms with Crippen molar-refractivity contribution in [3.63, 3.8) is 0 Å². The molecular formula is C11H15N3O2S. The molecule has 1 rings (SSSR count). The quantitative estimate of drug-likeness (QED) is 0.865. The van der Waals surface area contributed by atoms with Gasteiger partial charge in [0, 0.05) is 13.1 Å². The molecule has 0 spiro atoms. The molecule has 5 nitrogen and oxygen atoms in total. The van der Waals surface area contributed by atoms with Gasteiger partial charge in [-0.2, -0.15) is 18.0 Å². The largest absolute Gasteiger partial charge is 0.301 e. The van der Waals surface area contributed by atoms with Gasteiger partial charge in [-0.15, -0.1) is 0 Å². The van der Waals surface area contributed by atoms with Gasteiger partial charge >= 0.3 is 10.2 Å². The first-order valence-electron chi connectivity index (χ1n) is 5.32. The van der Waals surface area contributed by atoms with E-state index in [9.17, 15) is 8.42 Å². The summed E-state index contributed by atoms with van der Waals surface area (Å²) >= 11 is 0. The molecular weight excluding hydrogens is 238 g/mol. The van der Waals surface area contributed by atoms with Gasteiger partial charge in [-0.25, -0.2) is 0 Å². The zero-order valence-electron chi connectivity index (χ0n) is 9.84. The van der Waals surface area contributed by atoms with Gasteiger partial charge in [-0.3, -0.25) is 4.72 Å². The predicted molar refractivity (Wildman–Crippen MR) is 66.6 cm³/mol. The van der Waals surface area contributed by atoms with E-state index in [0.717, 1.165) is 0 Å². The Morgan fingerprint density at radius 3 is 2.41 bits per heavy atom. The Bertz CT molecular complexity index is 516. The number of rotatable bonds is 5. The van der Waals surface area contributed by atoms with Crippen LogP contribution in [0.25, 0.3) is 0 Å². The molecule has 6 heteroatoms. The van der Waals surface area contributed by atoms with Crippen molar-refractivity contribution in [1.82, 2.24) is 4.31 Å². The maximum atomic E-state index is 11.9. The summed E-state index contributed by atoms with van der Waals surface area (Å²) in [6, 6.07) is 8.46. The molecule has 0 aromatic heterocycles. The lowest BCUT2D eigenvalue weighted by molar-refractivity contribution is 0.449. The Morgan fingerprint density at radius 2 is 1.88 bits per heavy atom. The predicted octanol–water partition coefficient (Wildman–Crippen LogP) is 1.56. The van der Waals surface area contributed by atoms with Crippen LogP contribution in [0.1, 0.15) is 19.4 Å². The number of hydrogen-bond acceptors (Lipinski definition) is 3. The van der Waals surface area contributed by atoms with Crippen molar-refractivity contribution >= 4 is 15.9 Å². The number of para-hydroxylation sites is 1. The molecule has 1 N–H and O–H groups in total. The van der Waals surface area contributed by atoms with Crippen molar-refractivity contribution in [1.29, 1.82) is 5.26 Å². The fraction of sp³-hybridized carbons (Fsp3) is 0.364. The molecule has 0 saturated carbocycles. The summed E-state index contributed by atoms with van der Waals surface area (Å²) < 4.78 is 27.6. The Morgan fingerprint density at radius 1 is 1.29 bits per heavy atom. The van der Waals surface area contributed by atoms with Gasteiger partial charge in [0.25, 0.3) is 0 Å². The lowest BCUT2D eigenvalue weighted by Gasteiger charge is -2.19. The van der Waals surface area contributed by atoms with Crippen LogP contribution in [0, 0.1) is 11.3 Å². The Kier molecular flexibility index (Phi) is 4.49. The van der Waals surface area contributed by atoms with E-state index in [2.05, 4.69) is 4.72 Å².